The number of carbonyl (C=O) groups excluding carboxylic acids is 2. The van der Waals surface area contributed by atoms with Gasteiger partial charge in [0.25, 0.3) is 5.91 Å². The van der Waals surface area contributed by atoms with Gasteiger partial charge in [-0.15, -0.1) is 0 Å². The zero-order chi connectivity index (χ0) is 18.0. The quantitative estimate of drug-likeness (QED) is 0.873. The summed E-state index contributed by atoms with van der Waals surface area (Å²) < 4.78 is 10.7. The Kier molecular flexibility index (Phi) is 4.61. The molecule has 0 saturated carbocycles. The highest BCUT2D eigenvalue weighted by Gasteiger charge is 2.37. The van der Waals surface area contributed by atoms with E-state index < -0.39 is 5.91 Å². The van der Waals surface area contributed by atoms with Gasteiger partial charge in [-0.3, -0.25) is 9.59 Å². The maximum Gasteiger partial charge on any atom is 0.255 e. The minimum Gasteiger partial charge on any atom is -0.493 e. The van der Waals surface area contributed by atoms with Crippen molar-refractivity contribution in [2.24, 2.45) is 5.73 Å². The molecule has 0 bridgehead atoms. The third-order valence-corrected chi connectivity index (χ3v) is 4.38. The summed E-state index contributed by atoms with van der Waals surface area (Å²) in [6.45, 7) is 0.266. The number of fused-ring (bicyclic) bond motifs is 1. The third kappa shape index (κ3) is 3.03. The van der Waals surface area contributed by atoms with E-state index in [-0.39, 0.29) is 24.9 Å². The molecule has 2 N–H and O–H groups in total. The van der Waals surface area contributed by atoms with E-state index in [9.17, 15) is 9.59 Å². The van der Waals surface area contributed by atoms with Gasteiger partial charge in [0.1, 0.15) is 0 Å². The Morgan fingerprint density at radius 3 is 2.52 bits per heavy atom. The number of nitrogens with two attached hydrogens (primary N) is 1. The van der Waals surface area contributed by atoms with Gasteiger partial charge in [0.2, 0.25) is 5.91 Å². The summed E-state index contributed by atoms with van der Waals surface area (Å²) >= 11 is 0. The lowest BCUT2D eigenvalue weighted by molar-refractivity contribution is -0.118. The molecule has 0 aliphatic carbocycles. The van der Waals surface area contributed by atoms with E-state index in [4.69, 9.17) is 15.2 Å². The van der Waals surface area contributed by atoms with Crippen LogP contribution in [0.2, 0.25) is 0 Å². The molecule has 6 heteroatoms. The van der Waals surface area contributed by atoms with Crippen molar-refractivity contribution in [1.82, 2.24) is 4.90 Å². The van der Waals surface area contributed by atoms with E-state index in [1.807, 2.05) is 36.4 Å². The monoisotopic (exact) mass is 340 g/mol. The summed E-state index contributed by atoms with van der Waals surface area (Å²) in [6, 6.07) is 12.7. The van der Waals surface area contributed by atoms with Gasteiger partial charge in [0.15, 0.2) is 11.5 Å². The molecular weight excluding hydrogens is 320 g/mol. The van der Waals surface area contributed by atoms with E-state index in [0.29, 0.717) is 17.1 Å². The second kappa shape index (κ2) is 6.84. The van der Waals surface area contributed by atoms with E-state index in [2.05, 4.69) is 0 Å². The second-order valence-corrected chi connectivity index (χ2v) is 5.82. The number of nitrogens with zero attached hydrogens (tertiary/aromatic N) is 1. The highest BCUT2D eigenvalue weighted by atomic mass is 16.5. The Hall–Kier alpha value is -3.02. The smallest absolute Gasteiger partial charge is 0.255 e. The lowest BCUT2D eigenvalue weighted by Crippen LogP contribution is -2.32. The maximum absolute atomic E-state index is 12.8. The SMILES string of the molecule is COc1ccc(C2c3ccccc3C(=O)N2CCC(N)=O)cc1OC. The van der Waals surface area contributed by atoms with Crippen molar-refractivity contribution < 1.29 is 19.1 Å². The zero-order valence-electron chi connectivity index (χ0n) is 14.2. The Morgan fingerprint density at radius 2 is 1.84 bits per heavy atom. The van der Waals surface area contributed by atoms with Gasteiger partial charge >= 0.3 is 0 Å². The molecule has 1 atom stereocenters. The van der Waals surface area contributed by atoms with Gasteiger partial charge in [-0.1, -0.05) is 24.3 Å². The lowest BCUT2D eigenvalue weighted by Gasteiger charge is -2.26. The average Bonchev–Trinajstić information content (AvgIpc) is 2.91. The number of benzene rings is 2. The predicted molar refractivity (Wildman–Crippen MR) is 92.7 cm³/mol. The number of amides is 2. The van der Waals surface area contributed by atoms with Crippen molar-refractivity contribution >= 4 is 11.8 Å². The van der Waals surface area contributed by atoms with Gasteiger partial charge in [0, 0.05) is 18.5 Å². The molecule has 0 fully saturated rings. The molecule has 2 aromatic carbocycles. The molecule has 0 saturated heterocycles. The normalized spacial score (nSPS) is 15.8. The summed E-state index contributed by atoms with van der Waals surface area (Å²) in [5.41, 5.74) is 7.72. The molecular formula is C19H20N2O4. The molecule has 6 nitrogen and oxygen atoms in total. The Morgan fingerprint density at radius 1 is 1.12 bits per heavy atom. The summed E-state index contributed by atoms with van der Waals surface area (Å²) in [5.74, 6) is 0.672. The summed E-state index contributed by atoms with van der Waals surface area (Å²) in [4.78, 5) is 25.7. The summed E-state index contributed by atoms with van der Waals surface area (Å²) in [5, 5.41) is 0. The van der Waals surface area contributed by atoms with E-state index in [1.165, 1.54) is 0 Å². The molecule has 0 radical (unpaired) electrons. The topological polar surface area (TPSA) is 81.9 Å². The average molecular weight is 340 g/mol. The number of rotatable bonds is 6. The van der Waals surface area contributed by atoms with Crippen LogP contribution in [0.5, 0.6) is 11.5 Å². The van der Waals surface area contributed by atoms with Crippen LogP contribution in [0.15, 0.2) is 42.5 Å². The lowest BCUT2D eigenvalue weighted by atomic mass is 9.97. The fraction of sp³-hybridized carbons (Fsp3) is 0.263. The zero-order valence-corrected chi connectivity index (χ0v) is 14.2. The number of carbonyl (C=O) groups is 2. The molecule has 3 rings (SSSR count). The van der Waals surface area contributed by atoms with Crippen molar-refractivity contribution in [2.75, 3.05) is 20.8 Å². The van der Waals surface area contributed by atoms with Gasteiger partial charge in [-0.25, -0.2) is 0 Å². The molecule has 1 aliphatic heterocycles. The Bertz CT molecular complexity index is 819. The van der Waals surface area contributed by atoms with Crippen LogP contribution in [-0.4, -0.2) is 37.5 Å². The number of ether oxygens (including phenoxy) is 2. The van der Waals surface area contributed by atoms with Crippen molar-refractivity contribution in [3.63, 3.8) is 0 Å². The van der Waals surface area contributed by atoms with Crippen molar-refractivity contribution in [3.8, 4) is 11.5 Å². The highest BCUT2D eigenvalue weighted by molar-refractivity contribution is 6.00. The molecule has 2 amide bonds. The van der Waals surface area contributed by atoms with Crippen LogP contribution in [0.3, 0.4) is 0 Å². The molecule has 1 unspecified atom stereocenters. The Labute approximate surface area is 146 Å². The molecule has 0 aromatic heterocycles. The van der Waals surface area contributed by atoms with Crippen molar-refractivity contribution in [3.05, 3.63) is 59.2 Å². The van der Waals surface area contributed by atoms with Crippen LogP contribution in [0.25, 0.3) is 0 Å². The van der Waals surface area contributed by atoms with Gasteiger partial charge in [0.05, 0.1) is 20.3 Å². The number of methoxy groups -OCH3 is 2. The van der Waals surface area contributed by atoms with Crippen LogP contribution >= 0.6 is 0 Å². The number of hydrogen-bond donors (Lipinski definition) is 1. The molecule has 25 heavy (non-hydrogen) atoms. The Balaban J connectivity index is 2.06. The predicted octanol–water partition coefficient (Wildman–Crippen LogP) is 2.12. The first-order valence-corrected chi connectivity index (χ1v) is 7.97. The van der Waals surface area contributed by atoms with Gasteiger partial charge in [-0.2, -0.15) is 0 Å². The second-order valence-electron chi connectivity index (χ2n) is 5.82. The van der Waals surface area contributed by atoms with Gasteiger partial charge in [-0.05, 0) is 29.3 Å². The van der Waals surface area contributed by atoms with Crippen molar-refractivity contribution in [2.45, 2.75) is 12.5 Å². The van der Waals surface area contributed by atoms with Crippen LogP contribution in [0.1, 0.15) is 33.9 Å². The minimum absolute atomic E-state index is 0.100. The standard InChI is InChI=1S/C19H20N2O4/c1-24-15-8-7-12(11-16(15)25-2)18-13-5-3-4-6-14(13)19(23)21(18)10-9-17(20)22/h3-8,11,18H,9-10H2,1-2H3,(H2,20,22). The van der Waals surface area contributed by atoms with Crippen LogP contribution < -0.4 is 15.2 Å². The number of primary amides is 1. The largest absolute Gasteiger partial charge is 0.493 e. The first kappa shape index (κ1) is 16.8. The molecule has 1 aliphatic rings. The van der Waals surface area contributed by atoms with Crippen LogP contribution in [-0.2, 0) is 4.79 Å². The fourth-order valence-corrected chi connectivity index (χ4v) is 3.21. The number of hydrogen-bond acceptors (Lipinski definition) is 4. The van der Waals surface area contributed by atoms with Crippen molar-refractivity contribution in [1.29, 1.82) is 0 Å². The maximum atomic E-state index is 12.8. The van der Waals surface area contributed by atoms with E-state index in [1.54, 1.807) is 25.2 Å². The van der Waals surface area contributed by atoms with Gasteiger partial charge < -0.3 is 20.1 Å². The minimum atomic E-state index is -0.435. The third-order valence-electron chi connectivity index (χ3n) is 4.38. The van der Waals surface area contributed by atoms with Crippen LogP contribution in [0, 0.1) is 0 Å². The molecule has 1 heterocycles. The molecule has 130 valence electrons. The summed E-state index contributed by atoms with van der Waals surface area (Å²) in [7, 11) is 3.14. The molecule has 0 spiro atoms. The molecule has 2 aromatic rings. The fourth-order valence-electron chi connectivity index (χ4n) is 3.21. The van der Waals surface area contributed by atoms with E-state index in [0.717, 1.165) is 11.1 Å². The summed E-state index contributed by atoms with van der Waals surface area (Å²) in [6.07, 6.45) is 0.115. The van der Waals surface area contributed by atoms with E-state index >= 15 is 0 Å². The first-order valence-electron chi connectivity index (χ1n) is 7.97. The first-order chi connectivity index (χ1) is 12.1. The highest BCUT2D eigenvalue weighted by Crippen LogP contribution is 2.41. The van der Waals surface area contributed by atoms with Crippen LogP contribution in [0.4, 0.5) is 0 Å².